The second-order valence-electron chi connectivity index (χ2n) is 4.71. The fourth-order valence-corrected chi connectivity index (χ4v) is 2.20. The summed E-state index contributed by atoms with van der Waals surface area (Å²) < 4.78 is 2.04. The van der Waals surface area contributed by atoms with Gasteiger partial charge in [-0.3, -0.25) is 0 Å². The minimum atomic E-state index is -0.205. The molecule has 0 aliphatic rings. The van der Waals surface area contributed by atoms with Gasteiger partial charge in [-0.15, -0.1) is 0 Å². The zero-order valence-corrected chi connectivity index (χ0v) is 11.8. The summed E-state index contributed by atoms with van der Waals surface area (Å²) in [6, 6.07) is 7.54. The molecule has 0 radical (unpaired) electrons. The van der Waals surface area contributed by atoms with E-state index < -0.39 is 0 Å². The summed E-state index contributed by atoms with van der Waals surface area (Å²) in [5, 5.41) is 13.5. The third-order valence-electron chi connectivity index (χ3n) is 2.96. The van der Waals surface area contributed by atoms with Crippen molar-refractivity contribution < 1.29 is 5.11 Å². The largest absolute Gasteiger partial charge is 0.394 e. The van der Waals surface area contributed by atoms with E-state index in [1.54, 1.807) is 12.5 Å². The highest BCUT2D eigenvalue weighted by Crippen LogP contribution is 2.23. The van der Waals surface area contributed by atoms with Gasteiger partial charge in [0.2, 0.25) is 0 Å². The Hall–Kier alpha value is -1.52. The lowest BCUT2D eigenvalue weighted by molar-refractivity contribution is 0.271. The number of benzene rings is 1. The van der Waals surface area contributed by atoms with Crippen molar-refractivity contribution in [3.8, 4) is 0 Å². The Morgan fingerprint density at radius 3 is 2.84 bits per heavy atom. The lowest BCUT2D eigenvalue weighted by Crippen LogP contribution is -2.19. The molecule has 0 spiro atoms. The number of anilines is 1. The number of aromatic nitrogens is 2. The van der Waals surface area contributed by atoms with Crippen LogP contribution in [0.1, 0.15) is 31.6 Å². The first kappa shape index (κ1) is 13.9. The molecule has 0 saturated heterocycles. The van der Waals surface area contributed by atoms with Crippen LogP contribution < -0.4 is 5.32 Å². The van der Waals surface area contributed by atoms with Crippen molar-refractivity contribution >= 4 is 17.3 Å². The molecule has 0 aliphatic carbocycles. The van der Waals surface area contributed by atoms with Crippen LogP contribution in [-0.4, -0.2) is 21.3 Å². The lowest BCUT2D eigenvalue weighted by Gasteiger charge is -2.21. The Morgan fingerprint density at radius 2 is 2.21 bits per heavy atom. The zero-order chi connectivity index (χ0) is 13.8. The van der Waals surface area contributed by atoms with Gasteiger partial charge in [-0.05, 0) is 32.0 Å². The molecule has 1 aromatic carbocycles. The first-order valence-corrected chi connectivity index (χ1v) is 6.64. The van der Waals surface area contributed by atoms with Crippen LogP contribution in [0.15, 0.2) is 36.8 Å². The highest BCUT2D eigenvalue weighted by atomic mass is 35.5. The third-order valence-corrected chi connectivity index (χ3v) is 3.19. The van der Waals surface area contributed by atoms with Gasteiger partial charge in [0.1, 0.15) is 0 Å². The van der Waals surface area contributed by atoms with Gasteiger partial charge in [0.15, 0.2) is 0 Å². The molecule has 2 aromatic rings. The molecule has 0 aliphatic heterocycles. The third kappa shape index (κ3) is 3.28. The average molecular weight is 280 g/mol. The number of aliphatic hydroxyl groups excluding tert-OH is 1. The van der Waals surface area contributed by atoms with Gasteiger partial charge < -0.3 is 15.0 Å². The molecule has 1 atom stereocenters. The van der Waals surface area contributed by atoms with Crippen molar-refractivity contribution in [2.75, 3.05) is 11.9 Å². The van der Waals surface area contributed by atoms with E-state index >= 15 is 0 Å². The van der Waals surface area contributed by atoms with Crippen molar-refractivity contribution in [1.29, 1.82) is 0 Å². The highest BCUT2D eigenvalue weighted by Gasteiger charge is 2.16. The fourth-order valence-electron chi connectivity index (χ4n) is 2.01. The van der Waals surface area contributed by atoms with E-state index in [2.05, 4.69) is 24.1 Å². The Bertz CT molecular complexity index is 539. The Kier molecular flexibility index (Phi) is 4.45. The van der Waals surface area contributed by atoms with Crippen molar-refractivity contribution in [3.05, 3.63) is 47.5 Å². The van der Waals surface area contributed by atoms with Gasteiger partial charge in [0.05, 0.1) is 30.9 Å². The van der Waals surface area contributed by atoms with Crippen LogP contribution in [0.2, 0.25) is 5.02 Å². The SMILES string of the molecule is CC(C)n1cncc1C(CO)Nc1cccc(Cl)c1. The molecule has 5 heteroatoms. The molecule has 2 rings (SSSR count). The lowest BCUT2D eigenvalue weighted by atomic mass is 10.2. The molecule has 0 fully saturated rings. The van der Waals surface area contributed by atoms with E-state index in [9.17, 15) is 5.11 Å². The number of aliphatic hydroxyl groups is 1. The maximum atomic E-state index is 9.60. The highest BCUT2D eigenvalue weighted by molar-refractivity contribution is 6.30. The van der Waals surface area contributed by atoms with E-state index in [1.165, 1.54) is 0 Å². The predicted molar refractivity (Wildman–Crippen MR) is 77.5 cm³/mol. The molecular formula is C14H18ClN3O. The number of hydrogen-bond donors (Lipinski definition) is 2. The normalized spacial score (nSPS) is 12.7. The molecule has 1 heterocycles. The first-order chi connectivity index (χ1) is 9.11. The standard InChI is InChI=1S/C14H18ClN3O/c1-10(2)18-9-16-7-14(18)13(8-19)17-12-5-3-4-11(15)6-12/h3-7,9-10,13,17,19H,8H2,1-2H3. The van der Waals surface area contributed by atoms with E-state index in [0.29, 0.717) is 11.1 Å². The number of rotatable bonds is 5. The molecular weight excluding hydrogens is 262 g/mol. The molecule has 0 amide bonds. The van der Waals surface area contributed by atoms with E-state index in [-0.39, 0.29) is 12.6 Å². The second kappa shape index (κ2) is 6.08. The predicted octanol–water partition coefficient (Wildman–Crippen LogP) is 3.26. The van der Waals surface area contributed by atoms with Crippen molar-refractivity contribution in [1.82, 2.24) is 9.55 Å². The molecule has 2 N–H and O–H groups in total. The number of nitrogens with one attached hydrogen (secondary N) is 1. The van der Waals surface area contributed by atoms with Crippen LogP contribution in [0.4, 0.5) is 5.69 Å². The summed E-state index contributed by atoms with van der Waals surface area (Å²) in [5.41, 5.74) is 1.83. The van der Waals surface area contributed by atoms with Crippen molar-refractivity contribution in [3.63, 3.8) is 0 Å². The minimum Gasteiger partial charge on any atom is -0.394 e. The maximum Gasteiger partial charge on any atom is 0.0951 e. The average Bonchev–Trinajstić information content (AvgIpc) is 2.85. The van der Waals surface area contributed by atoms with Gasteiger partial charge in [-0.2, -0.15) is 0 Å². The molecule has 1 unspecified atom stereocenters. The molecule has 0 bridgehead atoms. The quantitative estimate of drug-likeness (QED) is 0.883. The van der Waals surface area contributed by atoms with Crippen LogP contribution in [0, 0.1) is 0 Å². The van der Waals surface area contributed by atoms with Crippen LogP contribution in [-0.2, 0) is 0 Å². The summed E-state index contributed by atoms with van der Waals surface area (Å²) >= 11 is 5.96. The summed E-state index contributed by atoms with van der Waals surface area (Å²) in [6.45, 7) is 4.16. The maximum absolute atomic E-state index is 9.60. The molecule has 19 heavy (non-hydrogen) atoms. The van der Waals surface area contributed by atoms with Crippen LogP contribution in [0.3, 0.4) is 0 Å². The summed E-state index contributed by atoms with van der Waals surface area (Å²) in [5.74, 6) is 0. The van der Waals surface area contributed by atoms with Gasteiger partial charge in [0, 0.05) is 16.8 Å². The molecule has 0 saturated carbocycles. The second-order valence-corrected chi connectivity index (χ2v) is 5.15. The van der Waals surface area contributed by atoms with Gasteiger partial charge in [0.25, 0.3) is 0 Å². The first-order valence-electron chi connectivity index (χ1n) is 6.26. The van der Waals surface area contributed by atoms with Crippen molar-refractivity contribution in [2.45, 2.75) is 25.9 Å². The topological polar surface area (TPSA) is 50.1 Å². The summed E-state index contributed by atoms with van der Waals surface area (Å²) in [6.07, 6.45) is 3.56. The van der Waals surface area contributed by atoms with E-state index in [0.717, 1.165) is 11.4 Å². The van der Waals surface area contributed by atoms with Crippen LogP contribution >= 0.6 is 11.6 Å². The summed E-state index contributed by atoms with van der Waals surface area (Å²) in [4.78, 5) is 4.16. The fraction of sp³-hybridized carbons (Fsp3) is 0.357. The Labute approximate surface area is 118 Å². The smallest absolute Gasteiger partial charge is 0.0951 e. The Balaban J connectivity index is 2.23. The van der Waals surface area contributed by atoms with E-state index in [1.807, 2.05) is 28.8 Å². The molecule has 4 nitrogen and oxygen atoms in total. The van der Waals surface area contributed by atoms with Gasteiger partial charge >= 0.3 is 0 Å². The van der Waals surface area contributed by atoms with Gasteiger partial charge in [-0.1, -0.05) is 17.7 Å². The number of imidazole rings is 1. The number of hydrogen-bond acceptors (Lipinski definition) is 3. The molecule has 1 aromatic heterocycles. The zero-order valence-electron chi connectivity index (χ0n) is 11.0. The van der Waals surface area contributed by atoms with Crippen LogP contribution in [0.5, 0.6) is 0 Å². The number of nitrogens with zero attached hydrogens (tertiary/aromatic N) is 2. The minimum absolute atomic E-state index is 0.00900. The van der Waals surface area contributed by atoms with Gasteiger partial charge in [-0.25, -0.2) is 4.98 Å². The Morgan fingerprint density at radius 1 is 1.42 bits per heavy atom. The van der Waals surface area contributed by atoms with Crippen molar-refractivity contribution in [2.24, 2.45) is 0 Å². The van der Waals surface area contributed by atoms with E-state index in [4.69, 9.17) is 11.6 Å². The number of halogens is 1. The monoisotopic (exact) mass is 279 g/mol. The van der Waals surface area contributed by atoms with Crippen LogP contribution in [0.25, 0.3) is 0 Å². The summed E-state index contributed by atoms with van der Waals surface area (Å²) in [7, 11) is 0. The molecule has 102 valence electrons.